The fourth-order valence-corrected chi connectivity index (χ4v) is 12.3. The number of ether oxygens (including phenoxy) is 2. The van der Waals surface area contributed by atoms with Crippen molar-refractivity contribution >= 4 is 17.7 Å². The first-order chi connectivity index (χ1) is 18.6. The average Bonchev–Trinajstić information content (AvgIpc) is 3.21. The second-order valence-corrected chi connectivity index (χ2v) is 16.6. The van der Waals surface area contributed by atoms with Crippen LogP contribution >= 0.6 is 0 Å². The fraction of sp³-hybridized carbons (Fsp3) is 0.912. The quantitative estimate of drug-likeness (QED) is 0.207. The molecule has 0 aromatic carbocycles. The zero-order valence-corrected chi connectivity index (χ0v) is 26.4. The molecule has 0 N–H and O–H groups in total. The van der Waals surface area contributed by atoms with Crippen molar-refractivity contribution in [2.75, 3.05) is 13.2 Å². The van der Waals surface area contributed by atoms with Gasteiger partial charge in [-0.05, 0) is 115 Å². The minimum atomic E-state index is -0.440. The smallest absolute Gasteiger partial charge is 0.331 e. The van der Waals surface area contributed by atoms with Crippen LogP contribution in [0.1, 0.15) is 120 Å². The molecule has 0 spiro atoms. The van der Waals surface area contributed by atoms with Crippen LogP contribution in [0.3, 0.4) is 0 Å². The Kier molecular flexibility index (Phi) is 6.48. The first-order valence-corrected chi connectivity index (χ1v) is 16.1. The molecule has 1 heterocycles. The number of carbonyl (C=O) groups excluding carboxylic acids is 2. The minimum Gasteiger partial charge on any atom is -0.465 e. The Morgan fingerprint density at radius 2 is 1.57 bits per heavy atom. The summed E-state index contributed by atoms with van der Waals surface area (Å²) in [4.78, 5) is 28.9. The summed E-state index contributed by atoms with van der Waals surface area (Å²) in [5.74, 6) is 1.68. The summed E-state index contributed by atoms with van der Waals surface area (Å²) in [5, 5.41) is 4.38. The summed E-state index contributed by atoms with van der Waals surface area (Å²) in [6, 6.07) is 0. The summed E-state index contributed by atoms with van der Waals surface area (Å²) in [5.41, 5.74) is 1.79. The van der Waals surface area contributed by atoms with E-state index in [1.165, 1.54) is 58.8 Å². The molecular weight excluding hydrogens is 502 g/mol. The summed E-state index contributed by atoms with van der Waals surface area (Å²) in [7, 11) is 0. The lowest BCUT2D eigenvalue weighted by Gasteiger charge is -2.73. The molecule has 2 unspecified atom stereocenters. The molecule has 1 saturated heterocycles. The van der Waals surface area contributed by atoms with E-state index in [0.717, 1.165) is 37.5 Å². The van der Waals surface area contributed by atoms with Gasteiger partial charge in [0, 0.05) is 19.3 Å². The van der Waals surface area contributed by atoms with Crippen LogP contribution in [0, 0.1) is 56.2 Å². The lowest BCUT2D eigenvalue weighted by molar-refractivity contribution is -0.237. The van der Waals surface area contributed by atoms with Gasteiger partial charge in [-0.1, -0.05) is 46.7 Å². The monoisotopic (exact) mass is 555 g/mol. The van der Waals surface area contributed by atoms with Gasteiger partial charge in [0.2, 0.25) is 0 Å². The van der Waals surface area contributed by atoms with Gasteiger partial charge in [0.05, 0.1) is 18.4 Å². The Labute approximate surface area is 241 Å². The maximum Gasteiger partial charge on any atom is 0.331 e. The highest BCUT2D eigenvalue weighted by Crippen LogP contribution is 2.77. The van der Waals surface area contributed by atoms with Crippen molar-refractivity contribution in [3.8, 4) is 0 Å². The number of fused-ring (bicyclic) bond motifs is 5. The molecule has 224 valence electrons. The molecule has 6 aliphatic rings. The largest absolute Gasteiger partial charge is 0.465 e. The maximum absolute atomic E-state index is 12.0. The molecule has 1 aliphatic heterocycles. The van der Waals surface area contributed by atoms with Crippen LogP contribution in [0.15, 0.2) is 5.16 Å². The minimum absolute atomic E-state index is 0.113. The van der Waals surface area contributed by atoms with E-state index < -0.39 is 11.4 Å². The molecule has 0 amide bonds. The molecular formula is C34H53NO5. The van der Waals surface area contributed by atoms with E-state index >= 15 is 0 Å². The summed E-state index contributed by atoms with van der Waals surface area (Å²) < 4.78 is 12.4. The zero-order chi connectivity index (χ0) is 28.9. The highest BCUT2D eigenvalue weighted by Gasteiger charge is 2.73. The number of carbonyl (C=O) groups is 2. The Balaban J connectivity index is 1.36. The van der Waals surface area contributed by atoms with Gasteiger partial charge in [0.25, 0.3) is 0 Å². The van der Waals surface area contributed by atoms with Crippen LogP contribution in [-0.4, -0.2) is 37.0 Å². The number of rotatable bonds is 3. The van der Waals surface area contributed by atoms with Gasteiger partial charge in [-0.25, -0.2) is 4.79 Å². The number of nitrogens with zero attached hydrogens (tertiary/aromatic N) is 1. The van der Waals surface area contributed by atoms with Gasteiger partial charge in [0.15, 0.2) is 0 Å². The predicted molar refractivity (Wildman–Crippen MR) is 154 cm³/mol. The van der Waals surface area contributed by atoms with Crippen molar-refractivity contribution in [3.63, 3.8) is 0 Å². The second kappa shape index (κ2) is 9.04. The highest BCUT2D eigenvalue weighted by atomic mass is 16.7. The van der Waals surface area contributed by atoms with E-state index in [4.69, 9.17) is 14.3 Å². The van der Waals surface area contributed by atoms with Crippen molar-refractivity contribution in [2.24, 2.45) is 61.3 Å². The first kappa shape index (κ1) is 28.7. The van der Waals surface area contributed by atoms with Crippen molar-refractivity contribution in [2.45, 2.75) is 126 Å². The lowest BCUT2D eigenvalue weighted by atomic mass is 9.31. The van der Waals surface area contributed by atoms with Crippen LogP contribution in [0.5, 0.6) is 0 Å². The van der Waals surface area contributed by atoms with E-state index in [1.807, 2.05) is 0 Å². The number of esters is 1. The second-order valence-electron chi connectivity index (χ2n) is 16.6. The zero-order valence-electron chi connectivity index (χ0n) is 26.4. The first-order valence-electron chi connectivity index (χ1n) is 16.1. The third-order valence-electron chi connectivity index (χ3n) is 14.6. The normalized spacial score (nSPS) is 51.6. The van der Waals surface area contributed by atoms with Crippen molar-refractivity contribution in [1.82, 2.24) is 0 Å². The molecule has 0 radical (unpaired) electrons. The predicted octanol–water partition coefficient (Wildman–Crippen LogP) is 7.34. The van der Waals surface area contributed by atoms with Crippen molar-refractivity contribution in [1.29, 1.82) is 0 Å². The topological polar surface area (TPSA) is 74.2 Å². The molecule has 10 atom stereocenters. The molecule has 6 heteroatoms. The van der Waals surface area contributed by atoms with E-state index in [2.05, 4.69) is 46.7 Å². The van der Waals surface area contributed by atoms with Gasteiger partial charge >= 0.3 is 11.9 Å². The molecule has 6 nitrogen and oxygen atoms in total. The van der Waals surface area contributed by atoms with Gasteiger partial charge in [-0.15, -0.1) is 0 Å². The number of hydrogen-bond acceptors (Lipinski definition) is 6. The summed E-state index contributed by atoms with van der Waals surface area (Å²) in [6.45, 7) is 19.2. The van der Waals surface area contributed by atoms with Gasteiger partial charge in [-0.3, -0.25) is 4.79 Å². The van der Waals surface area contributed by atoms with Crippen LogP contribution in [-0.2, 0) is 23.9 Å². The Morgan fingerprint density at radius 1 is 0.850 bits per heavy atom. The molecule has 2 bridgehead atoms. The molecule has 6 fully saturated rings. The molecule has 40 heavy (non-hydrogen) atoms. The molecule has 0 aromatic rings. The highest BCUT2D eigenvalue weighted by molar-refractivity contribution is 5.91. The van der Waals surface area contributed by atoms with E-state index in [0.29, 0.717) is 41.3 Å². The van der Waals surface area contributed by atoms with Crippen molar-refractivity contribution in [3.05, 3.63) is 0 Å². The molecule has 6 rings (SSSR count). The van der Waals surface area contributed by atoms with Gasteiger partial charge in [-0.2, -0.15) is 0 Å². The third kappa shape index (κ3) is 3.72. The summed E-state index contributed by atoms with van der Waals surface area (Å²) >= 11 is 0. The van der Waals surface area contributed by atoms with E-state index in [-0.39, 0.29) is 22.2 Å². The number of oxime groups is 1. The lowest BCUT2D eigenvalue weighted by Crippen LogP contribution is -2.68. The molecule has 5 saturated carbocycles. The fourth-order valence-electron chi connectivity index (χ4n) is 12.3. The van der Waals surface area contributed by atoms with E-state index in [1.54, 1.807) is 0 Å². The molecule has 0 aromatic heterocycles. The molecule has 5 aliphatic carbocycles. The van der Waals surface area contributed by atoms with Crippen LogP contribution in [0.2, 0.25) is 0 Å². The van der Waals surface area contributed by atoms with Crippen LogP contribution < -0.4 is 0 Å². The van der Waals surface area contributed by atoms with Crippen molar-refractivity contribution < 1.29 is 23.9 Å². The number of hydrogen-bond donors (Lipinski definition) is 0. The van der Waals surface area contributed by atoms with Gasteiger partial charge in [0.1, 0.15) is 6.61 Å². The average molecular weight is 556 g/mol. The van der Waals surface area contributed by atoms with E-state index in [9.17, 15) is 9.59 Å². The standard InChI is InChI=1S/C34H53NO5/c1-21(36)38-19-31(6)24-11-14-33(8)25(30(24,5)13-12-26(31)35-40-22(2)37)10-9-23-27-28-29(3,4)15-17-34(27,20-39-28)18-16-32(23,33)7/h23-25,27-28H,9-20H2,1-8H3/b35-26+/t23-,24?,25-,27+,28?,30+,31+,32-,33-,34-/m1/s1. The maximum atomic E-state index is 12.0. The third-order valence-corrected chi connectivity index (χ3v) is 14.6. The Hall–Kier alpha value is -1.43. The Bertz CT molecular complexity index is 1120. The SMILES string of the molecule is CC(=O)OC[C@]1(C)/C(=N/OC(C)=O)CC[C@@]2(C)C1CC[C@]1(C)[C@@H]2CC[C@@H]2[C@H]3C4OC[C@@]3(CCC4(C)C)CC[C@]21C. The summed E-state index contributed by atoms with van der Waals surface area (Å²) in [6.07, 6.45) is 12.4. The van der Waals surface area contributed by atoms with Crippen LogP contribution in [0.4, 0.5) is 0 Å². The Morgan fingerprint density at radius 3 is 2.27 bits per heavy atom. The van der Waals surface area contributed by atoms with Crippen LogP contribution in [0.25, 0.3) is 0 Å². The van der Waals surface area contributed by atoms with Gasteiger partial charge < -0.3 is 14.3 Å².